The molecule has 0 bridgehead atoms. The van der Waals surface area contributed by atoms with Crippen molar-refractivity contribution in [1.29, 1.82) is 0 Å². The molecule has 25 heavy (non-hydrogen) atoms. The minimum Gasteiger partial charge on any atom is -0.314 e. The van der Waals surface area contributed by atoms with Crippen LogP contribution in [0.5, 0.6) is 0 Å². The molecule has 0 spiro atoms. The summed E-state index contributed by atoms with van der Waals surface area (Å²) < 4.78 is 1.81. The Balaban J connectivity index is 0.00000182. The molecule has 0 radical (unpaired) electrons. The summed E-state index contributed by atoms with van der Waals surface area (Å²) in [7, 11) is 0. The number of pyridine rings is 1. The zero-order chi connectivity index (χ0) is 16.2. The van der Waals surface area contributed by atoms with Crippen LogP contribution in [0.4, 0.5) is 0 Å². The van der Waals surface area contributed by atoms with Crippen LogP contribution in [-0.2, 0) is 6.54 Å². The second kappa shape index (κ2) is 8.15. The number of para-hydroxylation sites is 1. The minimum atomic E-state index is 0. The largest absolute Gasteiger partial charge is 0.314 e. The van der Waals surface area contributed by atoms with Gasteiger partial charge in [0.2, 0.25) is 0 Å². The molecule has 1 saturated heterocycles. The summed E-state index contributed by atoms with van der Waals surface area (Å²) in [5, 5.41) is 15.7. The van der Waals surface area contributed by atoms with Gasteiger partial charge >= 0.3 is 0 Å². The van der Waals surface area contributed by atoms with E-state index in [1.165, 1.54) is 5.56 Å². The third kappa shape index (κ3) is 3.84. The lowest BCUT2D eigenvalue weighted by molar-refractivity contribution is 0.148. The molecule has 1 aliphatic rings. The first-order valence-electron chi connectivity index (χ1n) is 8.09. The Kier molecular flexibility index (Phi) is 5.70. The molecule has 1 aromatic carbocycles. The minimum absolute atomic E-state index is 0. The van der Waals surface area contributed by atoms with Crippen molar-refractivity contribution in [3.63, 3.8) is 0 Å². The predicted molar refractivity (Wildman–Crippen MR) is 96.7 cm³/mol. The summed E-state index contributed by atoms with van der Waals surface area (Å²) in [4.78, 5) is 6.66. The molecule has 4 rings (SSSR count). The van der Waals surface area contributed by atoms with Gasteiger partial charge in [-0.2, -0.15) is 4.68 Å². The SMILES string of the molecule is Cl.c1ccc(-n2nnnc2CN2CCNCC2c2cccnc2)cc1. The number of halogens is 1. The van der Waals surface area contributed by atoms with E-state index >= 15 is 0 Å². The van der Waals surface area contributed by atoms with Gasteiger partial charge in [-0.25, -0.2) is 0 Å². The van der Waals surface area contributed by atoms with Crippen molar-refractivity contribution < 1.29 is 0 Å². The lowest BCUT2D eigenvalue weighted by Gasteiger charge is -2.35. The van der Waals surface area contributed by atoms with Crippen LogP contribution in [0, 0.1) is 0 Å². The molecule has 130 valence electrons. The number of piperazine rings is 1. The fraction of sp³-hybridized carbons (Fsp3) is 0.294. The number of tetrazole rings is 1. The van der Waals surface area contributed by atoms with Gasteiger partial charge in [-0.3, -0.25) is 9.88 Å². The lowest BCUT2D eigenvalue weighted by Crippen LogP contribution is -2.45. The number of nitrogens with zero attached hydrogens (tertiary/aromatic N) is 6. The van der Waals surface area contributed by atoms with E-state index in [4.69, 9.17) is 0 Å². The smallest absolute Gasteiger partial charge is 0.170 e. The van der Waals surface area contributed by atoms with E-state index in [0.29, 0.717) is 6.54 Å². The molecular formula is C17H20ClN7. The van der Waals surface area contributed by atoms with Crippen molar-refractivity contribution in [2.75, 3.05) is 19.6 Å². The van der Waals surface area contributed by atoms with Gasteiger partial charge in [0.15, 0.2) is 5.82 Å². The first-order valence-corrected chi connectivity index (χ1v) is 8.09. The Morgan fingerprint density at radius 2 is 2.00 bits per heavy atom. The Morgan fingerprint density at radius 3 is 2.80 bits per heavy atom. The average molecular weight is 358 g/mol. The van der Waals surface area contributed by atoms with Crippen molar-refractivity contribution in [1.82, 2.24) is 35.4 Å². The third-order valence-corrected chi connectivity index (χ3v) is 4.30. The zero-order valence-corrected chi connectivity index (χ0v) is 14.5. The maximum atomic E-state index is 4.26. The number of rotatable bonds is 4. The summed E-state index contributed by atoms with van der Waals surface area (Å²) in [6, 6.07) is 14.4. The zero-order valence-electron chi connectivity index (χ0n) is 13.7. The molecular weight excluding hydrogens is 338 g/mol. The van der Waals surface area contributed by atoms with Crippen LogP contribution >= 0.6 is 12.4 Å². The second-order valence-corrected chi connectivity index (χ2v) is 5.82. The molecule has 3 aromatic rings. The van der Waals surface area contributed by atoms with Gasteiger partial charge in [0.1, 0.15) is 0 Å². The fourth-order valence-corrected chi connectivity index (χ4v) is 3.09. The van der Waals surface area contributed by atoms with Gasteiger partial charge in [0.25, 0.3) is 0 Å². The molecule has 1 fully saturated rings. The van der Waals surface area contributed by atoms with Crippen molar-refractivity contribution in [3.8, 4) is 5.69 Å². The van der Waals surface area contributed by atoms with Crippen LogP contribution in [0.2, 0.25) is 0 Å². The highest BCUT2D eigenvalue weighted by Gasteiger charge is 2.25. The Labute approximate surface area is 152 Å². The number of hydrogen-bond acceptors (Lipinski definition) is 6. The maximum absolute atomic E-state index is 4.26. The molecule has 7 nitrogen and oxygen atoms in total. The monoisotopic (exact) mass is 357 g/mol. The summed E-state index contributed by atoms with van der Waals surface area (Å²) >= 11 is 0. The van der Waals surface area contributed by atoms with Crippen LogP contribution in [0.15, 0.2) is 54.9 Å². The van der Waals surface area contributed by atoms with Crippen molar-refractivity contribution in [3.05, 3.63) is 66.2 Å². The van der Waals surface area contributed by atoms with Crippen LogP contribution < -0.4 is 5.32 Å². The van der Waals surface area contributed by atoms with E-state index in [1.807, 2.05) is 47.3 Å². The summed E-state index contributed by atoms with van der Waals surface area (Å²) in [5.74, 6) is 0.844. The van der Waals surface area contributed by atoms with Gasteiger partial charge < -0.3 is 5.32 Å². The normalized spacial score (nSPS) is 17.8. The number of hydrogen-bond donors (Lipinski definition) is 1. The van der Waals surface area contributed by atoms with Gasteiger partial charge in [0.05, 0.1) is 12.2 Å². The third-order valence-electron chi connectivity index (χ3n) is 4.30. The van der Waals surface area contributed by atoms with E-state index in [9.17, 15) is 0 Å². The molecule has 3 heterocycles. The van der Waals surface area contributed by atoms with Crippen molar-refractivity contribution in [2.24, 2.45) is 0 Å². The van der Waals surface area contributed by atoms with Crippen LogP contribution in [0.1, 0.15) is 17.4 Å². The molecule has 1 N–H and O–H groups in total. The van der Waals surface area contributed by atoms with Crippen LogP contribution in [-0.4, -0.2) is 49.7 Å². The van der Waals surface area contributed by atoms with E-state index in [2.05, 4.69) is 36.8 Å². The summed E-state index contributed by atoms with van der Waals surface area (Å²) in [5.41, 5.74) is 2.19. The van der Waals surface area contributed by atoms with Gasteiger partial charge in [-0.1, -0.05) is 24.3 Å². The summed E-state index contributed by atoms with van der Waals surface area (Å²) in [6.45, 7) is 3.51. The Hall–Kier alpha value is -2.35. The molecule has 0 amide bonds. The highest BCUT2D eigenvalue weighted by Crippen LogP contribution is 2.23. The number of nitrogens with one attached hydrogen (secondary N) is 1. The van der Waals surface area contributed by atoms with Crippen molar-refractivity contribution in [2.45, 2.75) is 12.6 Å². The van der Waals surface area contributed by atoms with Gasteiger partial charge in [-0.05, 0) is 34.2 Å². The summed E-state index contributed by atoms with van der Waals surface area (Å²) in [6.07, 6.45) is 3.74. The highest BCUT2D eigenvalue weighted by molar-refractivity contribution is 5.85. The number of benzene rings is 1. The van der Waals surface area contributed by atoms with E-state index in [-0.39, 0.29) is 18.4 Å². The molecule has 1 unspecified atom stereocenters. The maximum Gasteiger partial charge on any atom is 0.170 e. The predicted octanol–water partition coefficient (Wildman–Crippen LogP) is 1.63. The van der Waals surface area contributed by atoms with E-state index in [1.54, 1.807) is 6.20 Å². The van der Waals surface area contributed by atoms with E-state index < -0.39 is 0 Å². The molecule has 1 atom stereocenters. The standard InChI is InChI=1S/C17H19N7.ClH/c1-2-6-15(7-3-1)24-17(20-21-22-24)13-23-10-9-19-12-16(23)14-5-4-8-18-11-14;/h1-8,11,16,19H,9-10,12-13H2;1H. The molecule has 0 saturated carbocycles. The average Bonchev–Trinajstić information content (AvgIpc) is 3.12. The Morgan fingerprint density at radius 1 is 1.12 bits per heavy atom. The van der Waals surface area contributed by atoms with Gasteiger partial charge in [-0.15, -0.1) is 17.5 Å². The quantitative estimate of drug-likeness (QED) is 0.765. The second-order valence-electron chi connectivity index (χ2n) is 5.82. The van der Waals surface area contributed by atoms with Crippen LogP contribution in [0.25, 0.3) is 5.69 Å². The van der Waals surface area contributed by atoms with Crippen molar-refractivity contribution >= 4 is 12.4 Å². The van der Waals surface area contributed by atoms with E-state index in [0.717, 1.165) is 31.1 Å². The van der Waals surface area contributed by atoms with Crippen LogP contribution in [0.3, 0.4) is 0 Å². The molecule has 0 aliphatic carbocycles. The van der Waals surface area contributed by atoms with Gasteiger partial charge in [0, 0.05) is 38.1 Å². The molecule has 1 aliphatic heterocycles. The topological polar surface area (TPSA) is 71.8 Å². The number of aromatic nitrogens is 5. The highest BCUT2D eigenvalue weighted by atomic mass is 35.5. The lowest BCUT2D eigenvalue weighted by atomic mass is 10.1. The first-order chi connectivity index (χ1) is 11.9. The fourth-order valence-electron chi connectivity index (χ4n) is 3.09. The Bertz CT molecular complexity index is 778. The molecule has 8 heteroatoms. The first kappa shape index (κ1) is 17.5. The molecule has 2 aromatic heterocycles.